The van der Waals surface area contributed by atoms with E-state index < -0.39 is 0 Å². The van der Waals surface area contributed by atoms with Crippen molar-refractivity contribution in [1.82, 2.24) is 10.6 Å². The second kappa shape index (κ2) is 8.89. The average Bonchev–Trinajstić information content (AvgIpc) is 2.91. The summed E-state index contributed by atoms with van der Waals surface area (Å²) in [7, 11) is 0. The van der Waals surface area contributed by atoms with Crippen LogP contribution in [0.25, 0.3) is 0 Å². The van der Waals surface area contributed by atoms with Crippen LogP contribution in [-0.2, 0) is 4.79 Å². The van der Waals surface area contributed by atoms with Crippen LogP contribution in [0.4, 0.5) is 0 Å². The maximum atomic E-state index is 12.4. The summed E-state index contributed by atoms with van der Waals surface area (Å²) in [4.78, 5) is 12.4. The van der Waals surface area contributed by atoms with Crippen LogP contribution < -0.4 is 10.6 Å². The van der Waals surface area contributed by atoms with Crippen molar-refractivity contribution in [3.05, 3.63) is 0 Å². The van der Waals surface area contributed by atoms with Gasteiger partial charge in [0.25, 0.3) is 0 Å². The molecule has 3 atom stereocenters. The first-order chi connectivity index (χ1) is 9.20. The minimum absolute atomic E-state index is 0. The Labute approximate surface area is 130 Å². The molecule has 0 aromatic carbocycles. The van der Waals surface area contributed by atoms with Gasteiger partial charge in [0.15, 0.2) is 0 Å². The number of hydrogen-bond acceptors (Lipinski definition) is 2. The first-order valence-corrected chi connectivity index (χ1v) is 8.21. The molecule has 3 unspecified atom stereocenters. The van der Waals surface area contributed by atoms with E-state index in [1.165, 1.54) is 32.1 Å². The van der Waals surface area contributed by atoms with E-state index in [-0.39, 0.29) is 18.3 Å². The number of rotatable bonds is 5. The van der Waals surface area contributed by atoms with E-state index in [1.54, 1.807) is 0 Å². The fourth-order valence-electron chi connectivity index (χ4n) is 3.59. The Morgan fingerprint density at radius 3 is 2.60 bits per heavy atom. The van der Waals surface area contributed by atoms with Crippen molar-refractivity contribution < 1.29 is 4.79 Å². The Morgan fingerprint density at radius 1 is 1.30 bits per heavy atom. The highest BCUT2D eigenvalue weighted by Gasteiger charge is 2.28. The molecule has 1 heterocycles. The molecule has 4 heteroatoms. The molecule has 1 saturated carbocycles. The van der Waals surface area contributed by atoms with Crippen LogP contribution in [-0.4, -0.2) is 25.0 Å². The molecule has 1 aliphatic heterocycles. The Bertz CT molecular complexity index is 292. The molecule has 2 N–H and O–H groups in total. The van der Waals surface area contributed by atoms with Gasteiger partial charge in [0, 0.05) is 18.5 Å². The van der Waals surface area contributed by atoms with E-state index in [9.17, 15) is 4.79 Å². The largest absolute Gasteiger partial charge is 0.352 e. The molecule has 0 aromatic rings. The van der Waals surface area contributed by atoms with E-state index in [4.69, 9.17) is 0 Å². The maximum Gasteiger partial charge on any atom is 0.223 e. The number of carbonyl (C=O) groups is 1. The van der Waals surface area contributed by atoms with Crippen molar-refractivity contribution >= 4 is 18.3 Å². The van der Waals surface area contributed by atoms with Crippen LogP contribution in [0.5, 0.6) is 0 Å². The first-order valence-electron chi connectivity index (χ1n) is 8.21. The molecule has 0 bridgehead atoms. The summed E-state index contributed by atoms with van der Waals surface area (Å²) in [6, 6.07) is 0.332. The molecule has 3 nitrogen and oxygen atoms in total. The van der Waals surface area contributed by atoms with Crippen molar-refractivity contribution in [2.75, 3.05) is 13.1 Å². The fourth-order valence-corrected chi connectivity index (χ4v) is 3.59. The molecule has 2 fully saturated rings. The van der Waals surface area contributed by atoms with Crippen LogP contribution in [0, 0.1) is 17.8 Å². The summed E-state index contributed by atoms with van der Waals surface area (Å²) in [6.45, 7) is 6.44. The first kappa shape index (κ1) is 17.8. The summed E-state index contributed by atoms with van der Waals surface area (Å²) in [5.41, 5.74) is 0. The lowest BCUT2D eigenvalue weighted by molar-refractivity contribution is -0.126. The van der Waals surface area contributed by atoms with Gasteiger partial charge in [-0.2, -0.15) is 0 Å². The molecular weight excluding hydrogens is 272 g/mol. The lowest BCUT2D eigenvalue weighted by Gasteiger charge is -2.31. The lowest BCUT2D eigenvalue weighted by atomic mass is 9.89. The lowest BCUT2D eigenvalue weighted by Crippen LogP contribution is -2.51. The van der Waals surface area contributed by atoms with E-state index in [1.807, 2.05) is 0 Å². The van der Waals surface area contributed by atoms with Gasteiger partial charge in [-0.3, -0.25) is 4.79 Å². The van der Waals surface area contributed by atoms with E-state index in [0.29, 0.717) is 17.9 Å². The minimum atomic E-state index is 0. The maximum absolute atomic E-state index is 12.4. The predicted molar refractivity (Wildman–Crippen MR) is 86.2 cm³/mol. The van der Waals surface area contributed by atoms with Crippen molar-refractivity contribution in [3.8, 4) is 0 Å². The van der Waals surface area contributed by atoms with Gasteiger partial charge in [-0.15, -0.1) is 12.4 Å². The number of hydrogen-bond donors (Lipinski definition) is 2. The Kier molecular flexibility index (Phi) is 7.90. The second-order valence-electron chi connectivity index (χ2n) is 6.58. The van der Waals surface area contributed by atoms with Gasteiger partial charge in [0.1, 0.15) is 0 Å². The van der Waals surface area contributed by atoms with Gasteiger partial charge in [-0.05, 0) is 37.6 Å². The highest BCUT2D eigenvalue weighted by Crippen LogP contribution is 2.31. The van der Waals surface area contributed by atoms with Gasteiger partial charge in [-0.1, -0.05) is 39.5 Å². The van der Waals surface area contributed by atoms with Gasteiger partial charge in [0.2, 0.25) is 5.91 Å². The van der Waals surface area contributed by atoms with Gasteiger partial charge < -0.3 is 10.6 Å². The fraction of sp³-hybridized carbons (Fsp3) is 0.938. The van der Waals surface area contributed by atoms with E-state index in [0.717, 1.165) is 31.8 Å². The predicted octanol–water partition coefficient (Wildman–Crippen LogP) is 3.13. The van der Waals surface area contributed by atoms with Gasteiger partial charge in [-0.25, -0.2) is 0 Å². The summed E-state index contributed by atoms with van der Waals surface area (Å²) in [5, 5.41) is 6.68. The molecule has 2 rings (SSSR count). The van der Waals surface area contributed by atoms with Crippen LogP contribution in [0.2, 0.25) is 0 Å². The number of halogens is 1. The second-order valence-corrected chi connectivity index (χ2v) is 6.58. The van der Waals surface area contributed by atoms with Gasteiger partial charge in [0.05, 0.1) is 0 Å². The molecule has 1 saturated heterocycles. The molecular formula is C16H31ClN2O. The zero-order valence-electron chi connectivity index (χ0n) is 13.0. The molecule has 2 aliphatic rings. The summed E-state index contributed by atoms with van der Waals surface area (Å²) in [6.07, 6.45) is 8.67. The summed E-state index contributed by atoms with van der Waals surface area (Å²) in [5.74, 6) is 1.94. The van der Waals surface area contributed by atoms with E-state index in [2.05, 4.69) is 24.5 Å². The third kappa shape index (κ3) is 4.92. The zero-order chi connectivity index (χ0) is 13.7. The smallest absolute Gasteiger partial charge is 0.223 e. The van der Waals surface area contributed by atoms with Crippen LogP contribution in [0.3, 0.4) is 0 Å². The van der Waals surface area contributed by atoms with E-state index >= 15 is 0 Å². The minimum Gasteiger partial charge on any atom is -0.352 e. The standard InChI is InChI=1S/C16H30N2O.ClH/c1-3-14(10-13-6-4-5-7-13)16(19)18-15-11-17-9-8-12(15)2;/h12-15,17H,3-11H2,1-2H3,(H,18,19);1H. The monoisotopic (exact) mass is 302 g/mol. The highest BCUT2D eigenvalue weighted by molar-refractivity contribution is 5.85. The quantitative estimate of drug-likeness (QED) is 0.819. The van der Waals surface area contributed by atoms with Gasteiger partial charge >= 0.3 is 0 Å². The Hall–Kier alpha value is -0.280. The molecule has 0 radical (unpaired) electrons. The van der Waals surface area contributed by atoms with Crippen molar-refractivity contribution in [2.24, 2.45) is 17.8 Å². The van der Waals surface area contributed by atoms with Crippen molar-refractivity contribution in [2.45, 2.75) is 64.8 Å². The third-order valence-electron chi connectivity index (χ3n) is 5.11. The number of nitrogens with one attached hydrogen (secondary N) is 2. The van der Waals surface area contributed by atoms with Crippen LogP contribution in [0.15, 0.2) is 0 Å². The molecule has 0 aromatic heterocycles. The topological polar surface area (TPSA) is 41.1 Å². The van der Waals surface area contributed by atoms with Crippen molar-refractivity contribution in [1.29, 1.82) is 0 Å². The Morgan fingerprint density at radius 2 is 2.00 bits per heavy atom. The molecule has 118 valence electrons. The van der Waals surface area contributed by atoms with Crippen molar-refractivity contribution in [3.63, 3.8) is 0 Å². The zero-order valence-corrected chi connectivity index (χ0v) is 13.8. The number of piperidine rings is 1. The highest BCUT2D eigenvalue weighted by atomic mass is 35.5. The van der Waals surface area contributed by atoms with Crippen LogP contribution >= 0.6 is 12.4 Å². The summed E-state index contributed by atoms with van der Waals surface area (Å²) >= 11 is 0. The molecule has 20 heavy (non-hydrogen) atoms. The molecule has 1 aliphatic carbocycles. The third-order valence-corrected chi connectivity index (χ3v) is 5.11. The average molecular weight is 303 g/mol. The Balaban J connectivity index is 0.00000200. The SMILES string of the molecule is CCC(CC1CCCC1)C(=O)NC1CNCCC1C.Cl. The number of amides is 1. The molecule has 1 amide bonds. The molecule has 0 spiro atoms. The van der Waals surface area contributed by atoms with Crippen LogP contribution in [0.1, 0.15) is 58.8 Å². The summed E-state index contributed by atoms with van der Waals surface area (Å²) < 4.78 is 0. The normalized spacial score (nSPS) is 28.7. The number of carbonyl (C=O) groups excluding carboxylic acids is 1.